The fraction of sp³-hybridized carbons (Fsp3) is 0.189. The second kappa shape index (κ2) is 16.1. The summed E-state index contributed by atoms with van der Waals surface area (Å²) in [5.74, 6) is -0.864. The first-order chi connectivity index (χ1) is 23.3. The average Bonchev–Trinajstić information content (AvgIpc) is 3.09. The van der Waals surface area contributed by atoms with Crippen molar-refractivity contribution >= 4 is 49.8 Å². The zero-order chi connectivity index (χ0) is 35.7. The summed E-state index contributed by atoms with van der Waals surface area (Å²) < 4.78 is 33.5. The third-order valence-electron chi connectivity index (χ3n) is 7.90. The minimum Gasteiger partial charge on any atom is -0.322 e. The van der Waals surface area contributed by atoms with Crippen LogP contribution >= 0.6 is 0 Å². The number of rotatable bonds is 10. The number of carbonyl (C=O) groups is 2. The topological polar surface area (TPSA) is 159 Å². The summed E-state index contributed by atoms with van der Waals surface area (Å²) in [4.78, 5) is 37.8. The molecule has 0 spiro atoms. The van der Waals surface area contributed by atoms with E-state index >= 15 is 0 Å². The molecule has 0 atom stereocenters. The highest BCUT2D eigenvalue weighted by Gasteiger charge is 2.18. The maximum Gasteiger partial charge on any atom is 0.295 e. The van der Waals surface area contributed by atoms with E-state index in [-0.39, 0.29) is 27.2 Å². The lowest BCUT2D eigenvalue weighted by atomic mass is 10.0. The van der Waals surface area contributed by atoms with Gasteiger partial charge in [-0.15, -0.1) is 0 Å². The number of amides is 2. The van der Waals surface area contributed by atoms with E-state index in [4.69, 9.17) is 0 Å². The molecule has 0 radical (unpaired) electrons. The largest absolute Gasteiger partial charge is 0.322 e. The van der Waals surface area contributed by atoms with Crippen molar-refractivity contribution in [2.24, 2.45) is 0 Å². The van der Waals surface area contributed by atoms with E-state index in [1.807, 2.05) is 0 Å². The van der Waals surface area contributed by atoms with E-state index in [0.29, 0.717) is 22.7 Å². The summed E-state index contributed by atoms with van der Waals surface area (Å²) in [6.07, 6.45) is 0. The number of nitro benzene ring substituents is 1. The van der Waals surface area contributed by atoms with Crippen molar-refractivity contribution in [1.82, 2.24) is 4.90 Å². The molecule has 0 saturated carbocycles. The molecule has 0 bridgehead atoms. The molecule has 5 rings (SSSR count). The van der Waals surface area contributed by atoms with Crippen LogP contribution in [0.3, 0.4) is 0 Å². The lowest BCUT2D eigenvalue weighted by molar-refractivity contribution is -0.384. The molecule has 49 heavy (non-hydrogen) atoms. The third kappa shape index (κ3) is 9.35. The number of nitrogens with one attached hydrogen (secondary N) is 2. The number of hydrogen-bond acceptors (Lipinski definition) is 7. The van der Waals surface area contributed by atoms with Gasteiger partial charge in [-0.3, -0.25) is 24.3 Å². The van der Waals surface area contributed by atoms with Gasteiger partial charge in [0.15, 0.2) is 0 Å². The standard InChI is InChI=1S/C30H21N3O7S.C7H17N/c34-29(23-13-17-25(18-14-23)33(36)37)31-24-15-11-20(12-16-24)19-7-9-22(10-8-19)30(35)32-26-5-1-3-21-4-2-6-27(28(21)26)41(38,39)40;1-5-8(6-2)7(3)4/h1-18H,(H,31,34)(H,32,35)(H,38,39,40);7H,5-6H2,1-4H3. The van der Waals surface area contributed by atoms with Crippen LogP contribution in [0.5, 0.6) is 0 Å². The van der Waals surface area contributed by atoms with Gasteiger partial charge in [0.2, 0.25) is 0 Å². The monoisotopic (exact) mass is 682 g/mol. The number of nitrogens with zero attached hydrogens (tertiary/aromatic N) is 2. The zero-order valence-corrected chi connectivity index (χ0v) is 28.4. The van der Waals surface area contributed by atoms with Crippen molar-refractivity contribution in [2.45, 2.75) is 38.6 Å². The average molecular weight is 683 g/mol. The van der Waals surface area contributed by atoms with Crippen LogP contribution in [0.25, 0.3) is 21.9 Å². The first kappa shape index (κ1) is 36.4. The summed E-state index contributed by atoms with van der Waals surface area (Å²) in [6, 6.07) is 29.2. The van der Waals surface area contributed by atoms with Gasteiger partial charge >= 0.3 is 0 Å². The van der Waals surface area contributed by atoms with E-state index in [1.54, 1.807) is 72.8 Å². The van der Waals surface area contributed by atoms with E-state index in [9.17, 15) is 32.7 Å². The molecule has 0 aliphatic heterocycles. The third-order valence-corrected chi connectivity index (χ3v) is 8.79. The highest BCUT2D eigenvalue weighted by atomic mass is 32.2. The normalized spacial score (nSPS) is 11.2. The van der Waals surface area contributed by atoms with Crippen LogP contribution in [0.1, 0.15) is 48.4 Å². The number of benzene rings is 5. The highest BCUT2D eigenvalue weighted by molar-refractivity contribution is 7.86. The molecule has 5 aromatic rings. The van der Waals surface area contributed by atoms with Crippen LogP contribution in [-0.4, -0.2) is 53.7 Å². The quantitative estimate of drug-likeness (QED) is 0.0762. The molecular formula is C37H38N4O7S. The Morgan fingerprint density at radius 1 is 0.755 bits per heavy atom. The number of non-ortho nitro benzene ring substituents is 1. The fourth-order valence-corrected chi connectivity index (χ4v) is 6.01. The molecule has 0 heterocycles. The Balaban J connectivity index is 0.000000603. The highest BCUT2D eigenvalue weighted by Crippen LogP contribution is 2.31. The number of hydrogen-bond donors (Lipinski definition) is 3. The van der Waals surface area contributed by atoms with Crippen molar-refractivity contribution in [3.8, 4) is 11.1 Å². The summed E-state index contributed by atoms with van der Waals surface area (Å²) in [5.41, 5.74) is 2.94. The van der Waals surface area contributed by atoms with Crippen LogP contribution < -0.4 is 10.6 Å². The lowest BCUT2D eigenvalue weighted by Gasteiger charge is -2.21. The van der Waals surface area contributed by atoms with Gasteiger partial charge < -0.3 is 15.5 Å². The van der Waals surface area contributed by atoms with E-state index < -0.39 is 26.9 Å². The van der Waals surface area contributed by atoms with Crippen LogP contribution in [-0.2, 0) is 10.1 Å². The Morgan fingerprint density at radius 3 is 1.71 bits per heavy atom. The minimum atomic E-state index is -4.51. The lowest BCUT2D eigenvalue weighted by Crippen LogP contribution is -2.29. The predicted molar refractivity (Wildman–Crippen MR) is 193 cm³/mol. The first-order valence-corrected chi connectivity index (χ1v) is 17.1. The molecule has 0 aliphatic carbocycles. The van der Waals surface area contributed by atoms with Crippen LogP contribution in [0, 0.1) is 10.1 Å². The van der Waals surface area contributed by atoms with Crippen molar-refractivity contribution in [1.29, 1.82) is 0 Å². The summed E-state index contributed by atoms with van der Waals surface area (Å²) in [6.45, 7) is 11.2. The Kier molecular flexibility index (Phi) is 12.0. The van der Waals surface area contributed by atoms with Crippen LogP contribution in [0.2, 0.25) is 0 Å². The Hall–Kier alpha value is -5.43. The second-order valence-corrected chi connectivity index (χ2v) is 12.7. The van der Waals surface area contributed by atoms with Crippen molar-refractivity contribution in [3.05, 3.63) is 130 Å². The van der Waals surface area contributed by atoms with Gasteiger partial charge in [0.05, 0.1) is 10.6 Å². The molecular weight excluding hydrogens is 644 g/mol. The van der Waals surface area contributed by atoms with Crippen LogP contribution in [0.4, 0.5) is 17.1 Å². The predicted octanol–water partition coefficient (Wildman–Crippen LogP) is 7.90. The summed E-state index contributed by atoms with van der Waals surface area (Å²) in [7, 11) is -4.51. The minimum absolute atomic E-state index is 0.103. The molecule has 12 heteroatoms. The summed E-state index contributed by atoms with van der Waals surface area (Å²) in [5, 5.41) is 17.0. The second-order valence-electron chi connectivity index (χ2n) is 11.3. The van der Waals surface area contributed by atoms with Crippen molar-refractivity contribution in [3.63, 3.8) is 0 Å². The smallest absolute Gasteiger partial charge is 0.295 e. The molecule has 3 N–H and O–H groups in total. The first-order valence-electron chi connectivity index (χ1n) is 15.6. The molecule has 0 aromatic heterocycles. The Bertz CT molecular complexity index is 2040. The summed E-state index contributed by atoms with van der Waals surface area (Å²) >= 11 is 0. The van der Waals surface area contributed by atoms with Gasteiger partial charge in [0.25, 0.3) is 27.6 Å². The Labute approximate surface area is 285 Å². The van der Waals surface area contributed by atoms with Gasteiger partial charge in [-0.05, 0) is 92.0 Å². The Morgan fingerprint density at radius 2 is 1.24 bits per heavy atom. The maximum absolute atomic E-state index is 13.0. The maximum atomic E-state index is 13.0. The number of anilines is 2. The molecule has 254 valence electrons. The zero-order valence-electron chi connectivity index (χ0n) is 27.6. The SMILES string of the molecule is CCN(CC)C(C)C.O=C(Nc1ccc(-c2ccc(C(=O)Nc3cccc4cccc(S(=O)(=O)O)c34)cc2)cc1)c1ccc([N+](=O)[O-])cc1. The van der Waals surface area contributed by atoms with Crippen molar-refractivity contribution < 1.29 is 27.5 Å². The van der Waals surface area contributed by atoms with Crippen LogP contribution in [0.15, 0.2) is 114 Å². The number of carbonyl (C=O) groups excluding carboxylic acids is 2. The molecule has 2 amide bonds. The number of nitro groups is 1. The molecule has 0 unspecified atom stereocenters. The van der Waals surface area contributed by atoms with Gasteiger partial charge in [-0.1, -0.05) is 62.4 Å². The molecule has 0 saturated heterocycles. The van der Waals surface area contributed by atoms with Crippen molar-refractivity contribution in [2.75, 3.05) is 23.7 Å². The fourth-order valence-electron chi connectivity index (χ4n) is 5.27. The van der Waals surface area contributed by atoms with Gasteiger partial charge in [-0.25, -0.2) is 0 Å². The van der Waals surface area contributed by atoms with Gasteiger partial charge in [0.1, 0.15) is 4.90 Å². The molecule has 5 aromatic carbocycles. The van der Waals surface area contributed by atoms with Gasteiger partial charge in [0, 0.05) is 40.4 Å². The molecule has 11 nitrogen and oxygen atoms in total. The molecule has 0 aliphatic rings. The molecule has 0 fully saturated rings. The van der Waals surface area contributed by atoms with E-state index in [2.05, 4.69) is 43.2 Å². The van der Waals surface area contributed by atoms with E-state index in [1.165, 1.54) is 49.5 Å². The number of fused-ring (bicyclic) bond motifs is 1. The van der Waals surface area contributed by atoms with E-state index in [0.717, 1.165) is 11.1 Å². The van der Waals surface area contributed by atoms with Gasteiger partial charge in [-0.2, -0.15) is 8.42 Å².